The lowest BCUT2D eigenvalue weighted by Crippen LogP contribution is -2.38. The molecule has 0 aromatic heterocycles. The van der Waals surface area contributed by atoms with Gasteiger partial charge in [-0.15, -0.1) is 10.6 Å². The number of hydrazone groups is 1. The second kappa shape index (κ2) is 4.89. The summed E-state index contributed by atoms with van der Waals surface area (Å²) in [5, 5.41) is 5.12. The third-order valence-electron chi connectivity index (χ3n) is 1.06. The Kier molecular flexibility index (Phi) is 3.67. The number of ether oxygens (including phenoxy) is 2. The van der Waals surface area contributed by atoms with Crippen LogP contribution in [0.1, 0.15) is 0 Å². The summed E-state index contributed by atoms with van der Waals surface area (Å²) < 4.78 is 9.92. The standard InChI is InChI=1S/C5H11N4O2/c1-10-2-3-11-5-9-4-6-7-8-9/h7-8H,2-3,5H2,1H3. The van der Waals surface area contributed by atoms with Crippen molar-refractivity contribution in [3.8, 4) is 0 Å². The van der Waals surface area contributed by atoms with Crippen molar-refractivity contribution in [2.45, 2.75) is 0 Å². The summed E-state index contributed by atoms with van der Waals surface area (Å²) in [6.45, 7) is 1.56. The quantitative estimate of drug-likeness (QED) is 0.491. The lowest BCUT2D eigenvalue weighted by molar-refractivity contribution is 0.0146. The highest BCUT2D eigenvalue weighted by Crippen LogP contribution is 1.83. The lowest BCUT2D eigenvalue weighted by atomic mass is 10.8. The van der Waals surface area contributed by atoms with Crippen LogP contribution in [-0.4, -0.2) is 38.4 Å². The van der Waals surface area contributed by atoms with Crippen LogP contribution in [-0.2, 0) is 9.47 Å². The van der Waals surface area contributed by atoms with E-state index >= 15 is 0 Å². The maximum atomic E-state index is 5.13. The highest BCUT2D eigenvalue weighted by molar-refractivity contribution is 5.54. The number of rotatable bonds is 5. The largest absolute Gasteiger partial charge is 0.382 e. The summed E-state index contributed by atoms with van der Waals surface area (Å²) in [6.07, 6.45) is 2.60. The molecule has 0 aromatic carbocycles. The third-order valence-corrected chi connectivity index (χ3v) is 1.06. The van der Waals surface area contributed by atoms with Crippen LogP contribution in [0.5, 0.6) is 0 Å². The molecule has 0 aromatic rings. The highest BCUT2D eigenvalue weighted by Gasteiger charge is 2.03. The van der Waals surface area contributed by atoms with E-state index in [-0.39, 0.29) is 0 Å². The van der Waals surface area contributed by atoms with Crippen LogP contribution < -0.4 is 11.1 Å². The van der Waals surface area contributed by atoms with Crippen molar-refractivity contribution >= 4 is 6.34 Å². The van der Waals surface area contributed by atoms with Gasteiger partial charge in [-0.1, -0.05) is 0 Å². The Morgan fingerprint density at radius 3 is 3.09 bits per heavy atom. The lowest BCUT2D eigenvalue weighted by Gasteiger charge is -2.11. The average Bonchev–Trinajstić information content (AvgIpc) is 2.50. The first-order valence-electron chi connectivity index (χ1n) is 3.23. The molecule has 0 amide bonds. The molecule has 0 unspecified atom stereocenters. The number of hydrogen-bond donors (Lipinski definition) is 2. The minimum atomic E-state index is 0.403. The monoisotopic (exact) mass is 159 g/mol. The van der Waals surface area contributed by atoms with Gasteiger partial charge in [0.05, 0.1) is 13.2 Å². The first-order valence-corrected chi connectivity index (χ1v) is 3.23. The smallest absolute Gasteiger partial charge is 0.214 e. The van der Waals surface area contributed by atoms with Crippen LogP contribution in [0.2, 0.25) is 0 Å². The van der Waals surface area contributed by atoms with E-state index in [9.17, 15) is 0 Å². The van der Waals surface area contributed by atoms with Crippen molar-refractivity contribution in [2.24, 2.45) is 5.10 Å². The summed E-state index contributed by atoms with van der Waals surface area (Å²) >= 11 is 0. The van der Waals surface area contributed by atoms with E-state index in [1.807, 2.05) is 0 Å². The molecule has 1 heterocycles. The molecule has 0 spiro atoms. The zero-order chi connectivity index (χ0) is 7.94. The number of nitrogens with one attached hydrogen (secondary N) is 2. The fourth-order valence-electron chi connectivity index (χ4n) is 0.555. The Hall–Kier alpha value is -0.850. The molecule has 63 valence electrons. The third kappa shape index (κ3) is 3.17. The molecule has 1 rings (SSSR count). The van der Waals surface area contributed by atoms with Gasteiger partial charge in [0.1, 0.15) is 6.73 Å². The maximum absolute atomic E-state index is 5.13. The molecule has 1 radical (unpaired) electrons. The van der Waals surface area contributed by atoms with Crippen LogP contribution in [0.25, 0.3) is 0 Å². The van der Waals surface area contributed by atoms with Crippen molar-refractivity contribution in [3.05, 3.63) is 0 Å². The number of hydrazine groups is 2. The summed E-state index contributed by atoms with van der Waals surface area (Å²) in [7, 11) is 1.63. The van der Waals surface area contributed by atoms with Crippen molar-refractivity contribution in [1.29, 1.82) is 0 Å². The molecular formula is C5H11N4O2. The molecule has 0 fully saturated rings. The molecule has 6 nitrogen and oxygen atoms in total. The van der Waals surface area contributed by atoms with Crippen molar-refractivity contribution < 1.29 is 9.47 Å². The Balaban J connectivity index is 1.90. The molecular weight excluding hydrogens is 148 g/mol. The van der Waals surface area contributed by atoms with Gasteiger partial charge in [-0.3, -0.25) is 0 Å². The Morgan fingerprint density at radius 2 is 2.45 bits per heavy atom. The molecule has 2 N–H and O–H groups in total. The van der Waals surface area contributed by atoms with E-state index in [0.717, 1.165) is 0 Å². The molecule has 0 bridgehead atoms. The van der Waals surface area contributed by atoms with Crippen LogP contribution >= 0.6 is 0 Å². The van der Waals surface area contributed by atoms with Gasteiger partial charge >= 0.3 is 0 Å². The van der Waals surface area contributed by atoms with Gasteiger partial charge in [0.2, 0.25) is 6.34 Å². The average molecular weight is 159 g/mol. The topological polar surface area (TPSA) is 58.1 Å². The molecule has 1 aliphatic heterocycles. The number of nitrogens with zero attached hydrogens (tertiary/aromatic N) is 2. The van der Waals surface area contributed by atoms with Gasteiger partial charge in [0, 0.05) is 7.11 Å². The number of methoxy groups -OCH3 is 1. The van der Waals surface area contributed by atoms with Gasteiger partial charge in [-0.05, 0) is 0 Å². The molecule has 11 heavy (non-hydrogen) atoms. The number of hydrogen-bond acceptors (Lipinski definition) is 6. The van der Waals surface area contributed by atoms with Crippen molar-refractivity contribution in [1.82, 2.24) is 16.1 Å². The van der Waals surface area contributed by atoms with Crippen LogP contribution in [0.15, 0.2) is 5.10 Å². The van der Waals surface area contributed by atoms with Crippen LogP contribution in [0, 0.1) is 0 Å². The molecule has 0 atom stereocenters. The van der Waals surface area contributed by atoms with Crippen LogP contribution in [0.4, 0.5) is 0 Å². The Labute approximate surface area is 65.1 Å². The van der Waals surface area contributed by atoms with Gasteiger partial charge in [-0.2, -0.15) is 0 Å². The Morgan fingerprint density at radius 1 is 1.55 bits per heavy atom. The second-order valence-corrected chi connectivity index (χ2v) is 1.89. The van der Waals surface area contributed by atoms with E-state index in [1.54, 1.807) is 12.1 Å². The van der Waals surface area contributed by atoms with E-state index in [4.69, 9.17) is 9.47 Å². The van der Waals surface area contributed by atoms with Gasteiger partial charge in [-0.25, -0.2) is 10.5 Å². The predicted octanol–water partition coefficient (Wildman–Crippen LogP) is -1.25. The second-order valence-electron chi connectivity index (χ2n) is 1.89. The van der Waals surface area contributed by atoms with Crippen LogP contribution in [0.3, 0.4) is 0 Å². The van der Waals surface area contributed by atoms with Crippen molar-refractivity contribution in [3.63, 3.8) is 0 Å². The summed E-state index contributed by atoms with van der Waals surface area (Å²) in [5.41, 5.74) is 5.17. The zero-order valence-electron chi connectivity index (χ0n) is 6.33. The first-order chi connectivity index (χ1) is 5.43. The van der Waals surface area contributed by atoms with Crippen molar-refractivity contribution in [2.75, 3.05) is 27.1 Å². The van der Waals surface area contributed by atoms with E-state index in [0.29, 0.717) is 19.9 Å². The van der Waals surface area contributed by atoms with E-state index in [1.165, 1.54) is 0 Å². The Bertz CT molecular complexity index is 130. The first kappa shape index (κ1) is 8.25. The van der Waals surface area contributed by atoms with Gasteiger partial charge < -0.3 is 9.47 Å². The maximum Gasteiger partial charge on any atom is 0.214 e. The van der Waals surface area contributed by atoms with Gasteiger partial charge in [0.25, 0.3) is 0 Å². The summed E-state index contributed by atoms with van der Waals surface area (Å²) in [5.74, 6) is 0. The molecule has 0 aliphatic carbocycles. The normalized spacial score (nSPS) is 15.5. The molecule has 0 saturated carbocycles. The predicted molar refractivity (Wildman–Crippen MR) is 38.2 cm³/mol. The highest BCUT2D eigenvalue weighted by atomic mass is 16.5. The minimum Gasteiger partial charge on any atom is -0.382 e. The summed E-state index contributed by atoms with van der Waals surface area (Å²) in [6, 6.07) is 0. The minimum absolute atomic E-state index is 0.403. The molecule has 6 heteroatoms. The fourth-order valence-corrected chi connectivity index (χ4v) is 0.555. The van der Waals surface area contributed by atoms with E-state index < -0.39 is 0 Å². The SMILES string of the molecule is COCCOCN1[C]=NNN1. The fraction of sp³-hybridized carbons (Fsp3) is 0.800. The molecule has 0 saturated heterocycles. The summed E-state index contributed by atoms with van der Waals surface area (Å²) in [4.78, 5) is 0. The van der Waals surface area contributed by atoms with Gasteiger partial charge in [0.15, 0.2) is 0 Å². The molecule has 1 aliphatic rings. The van der Waals surface area contributed by atoms with E-state index in [2.05, 4.69) is 22.5 Å². The zero-order valence-corrected chi connectivity index (χ0v) is 6.33.